The van der Waals surface area contributed by atoms with Gasteiger partial charge < -0.3 is 20.5 Å². The Morgan fingerprint density at radius 2 is 1.11 bits per heavy atom. The van der Waals surface area contributed by atoms with Crippen molar-refractivity contribution in [2.24, 2.45) is 0 Å². The van der Waals surface area contributed by atoms with Crippen molar-refractivity contribution in [2.45, 2.75) is 36.8 Å². The number of benzene rings is 5. The van der Waals surface area contributed by atoms with Gasteiger partial charge in [0.2, 0.25) is 5.91 Å². The molecule has 1 aliphatic carbocycles. The zero-order chi connectivity index (χ0) is 32.6. The molecule has 0 spiro atoms. The number of aliphatic carboxylic acids is 1. The highest BCUT2D eigenvalue weighted by atomic mass is 16.5. The average molecular weight is 625 g/mol. The maximum absolute atomic E-state index is 13.8. The van der Waals surface area contributed by atoms with Crippen LogP contribution in [0.4, 0.5) is 4.79 Å². The molecule has 1 atom stereocenters. The van der Waals surface area contributed by atoms with Crippen LogP contribution in [0, 0.1) is 0 Å². The van der Waals surface area contributed by atoms with E-state index in [9.17, 15) is 19.5 Å². The summed E-state index contributed by atoms with van der Waals surface area (Å²) >= 11 is 0. The van der Waals surface area contributed by atoms with E-state index in [1.54, 1.807) is 0 Å². The summed E-state index contributed by atoms with van der Waals surface area (Å²) in [5, 5.41) is 15.6. The quantitative estimate of drug-likeness (QED) is 0.127. The van der Waals surface area contributed by atoms with Crippen LogP contribution in [0.15, 0.2) is 140 Å². The van der Waals surface area contributed by atoms with Gasteiger partial charge in [-0.05, 0) is 45.4 Å². The second-order valence-corrected chi connectivity index (χ2v) is 11.7. The van der Waals surface area contributed by atoms with Crippen LogP contribution in [0.5, 0.6) is 0 Å². The molecule has 0 fully saturated rings. The lowest BCUT2D eigenvalue weighted by molar-refractivity contribution is -0.137. The lowest BCUT2D eigenvalue weighted by Gasteiger charge is -2.37. The van der Waals surface area contributed by atoms with Crippen LogP contribution < -0.4 is 10.6 Å². The van der Waals surface area contributed by atoms with Crippen LogP contribution in [0.1, 0.15) is 53.0 Å². The summed E-state index contributed by atoms with van der Waals surface area (Å²) < 4.78 is 5.67. The van der Waals surface area contributed by atoms with Crippen molar-refractivity contribution in [3.8, 4) is 11.1 Å². The Labute approximate surface area is 274 Å². The molecule has 0 aromatic heterocycles. The van der Waals surface area contributed by atoms with E-state index >= 15 is 0 Å². The highest BCUT2D eigenvalue weighted by Gasteiger charge is 2.38. The van der Waals surface area contributed by atoms with E-state index in [2.05, 4.69) is 22.8 Å². The third-order valence-corrected chi connectivity index (χ3v) is 8.75. The first-order valence-electron chi connectivity index (χ1n) is 15.8. The van der Waals surface area contributed by atoms with Crippen LogP contribution in [0.3, 0.4) is 0 Å². The minimum Gasteiger partial charge on any atom is -0.481 e. The maximum Gasteiger partial charge on any atom is 0.407 e. The molecule has 7 heteroatoms. The molecule has 0 heterocycles. The summed E-state index contributed by atoms with van der Waals surface area (Å²) in [6.07, 6.45) is -0.976. The summed E-state index contributed by atoms with van der Waals surface area (Å²) in [5.41, 5.74) is 6.04. The van der Waals surface area contributed by atoms with Crippen LogP contribution in [0.25, 0.3) is 11.1 Å². The second-order valence-electron chi connectivity index (χ2n) is 11.7. The SMILES string of the molecule is O=C(O)C[C@@H](CCC(=O)NC(c1ccccc1)(c1ccccc1)c1ccccc1)NC(=O)OCC1c2ccccc2-c2ccccc21. The van der Waals surface area contributed by atoms with Gasteiger partial charge >= 0.3 is 12.1 Å². The number of carbonyl (C=O) groups is 3. The molecule has 0 aliphatic heterocycles. The fourth-order valence-corrected chi connectivity index (χ4v) is 6.60. The van der Waals surface area contributed by atoms with E-state index in [0.29, 0.717) is 0 Å². The highest BCUT2D eigenvalue weighted by molar-refractivity contribution is 5.80. The molecule has 47 heavy (non-hydrogen) atoms. The monoisotopic (exact) mass is 624 g/mol. The molecule has 236 valence electrons. The first-order valence-corrected chi connectivity index (χ1v) is 15.8. The molecule has 0 radical (unpaired) electrons. The molecule has 0 bridgehead atoms. The van der Waals surface area contributed by atoms with Crippen molar-refractivity contribution in [1.29, 1.82) is 0 Å². The number of fused-ring (bicyclic) bond motifs is 3. The van der Waals surface area contributed by atoms with Crippen molar-refractivity contribution in [1.82, 2.24) is 10.6 Å². The van der Waals surface area contributed by atoms with Crippen molar-refractivity contribution in [3.63, 3.8) is 0 Å². The smallest absolute Gasteiger partial charge is 0.407 e. The Hall–Kier alpha value is -5.69. The lowest BCUT2D eigenvalue weighted by Crippen LogP contribution is -2.48. The number of rotatable bonds is 12. The molecule has 1 aliphatic rings. The molecule has 5 aromatic rings. The number of hydrogen-bond acceptors (Lipinski definition) is 4. The van der Waals surface area contributed by atoms with Gasteiger partial charge in [0.25, 0.3) is 0 Å². The van der Waals surface area contributed by atoms with Crippen molar-refractivity contribution in [2.75, 3.05) is 6.61 Å². The topological polar surface area (TPSA) is 105 Å². The van der Waals surface area contributed by atoms with Crippen LogP contribution >= 0.6 is 0 Å². The number of carboxylic acids is 1. The van der Waals surface area contributed by atoms with E-state index in [1.165, 1.54) is 0 Å². The van der Waals surface area contributed by atoms with Crippen LogP contribution in [0.2, 0.25) is 0 Å². The third-order valence-electron chi connectivity index (χ3n) is 8.75. The Morgan fingerprint density at radius 3 is 1.57 bits per heavy atom. The van der Waals surface area contributed by atoms with Gasteiger partial charge in [-0.3, -0.25) is 9.59 Å². The zero-order valence-corrected chi connectivity index (χ0v) is 25.8. The van der Waals surface area contributed by atoms with Crippen molar-refractivity contribution >= 4 is 18.0 Å². The number of carbonyl (C=O) groups excluding carboxylic acids is 2. The molecule has 6 rings (SSSR count). The lowest BCUT2D eigenvalue weighted by atomic mass is 9.77. The Bertz CT molecular complexity index is 1700. The number of alkyl carbamates (subject to hydrolysis) is 1. The van der Waals surface area contributed by atoms with E-state index in [1.807, 2.05) is 127 Å². The second kappa shape index (κ2) is 14.2. The van der Waals surface area contributed by atoms with Gasteiger partial charge in [0.05, 0.1) is 6.42 Å². The molecule has 7 nitrogen and oxygen atoms in total. The molecular weight excluding hydrogens is 588 g/mol. The van der Waals surface area contributed by atoms with Gasteiger partial charge in [0, 0.05) is 18.4 Å². The van der Waals surface area contributed by atoms with Gasteiger partial charge in [-0.15, -0.1) is 0 Å². The molecule has 2 amide bonds. The van der Waals surface area contributed by atoms with E-state index in [-0.39, 0.29) is 37.7 Å². The summed E-state index contributed by atoms with van der Waals surface area (Å²) in [4.78, 5) is 38.6. The van der Waals surface area contributed by atoms with Crippen molar-refractivity contribution in [3.05, 3.63) is 167 Å². The van der Waals surface area contributed by atoms with Crippen molar-refractivity contribution < 1.29 is 24.2 Å². The fourth-order valence-electron chi connectivity index (χ4n) is 6.60. The minimum atomic E-state index is -1.08. The Balaban J connectivity index is 1.16. The van der Waals surface area contributed by atoms with Crippen LogP contribution in [-0.2, 0) is 19.9 Å². The standard InChI is InChI=1S/C40H36N2O5/c43-37(42-40(28-14-4-1-5-15-28,29-16-6-2-7-17-29)30-18-8-3-9-19-30)25-24-31(26-38(44)45)41-39(46)47-27-36-34-22-12-10-20-32(34)33-21-11-13-23-35(33)36/h1-23,31,36H,24-27H2,(H,41,46)(H,42,43)(H,44,45)/t31-/m1/s1. The summed E-state index contributed by atoms with van der Waals surface area (Å²) in [5.74, 6) is -1.49. The van der Waals surface area contributed by atoms with E-state index < -0.39 is 23.6 Å². The molecule has 5 aromatic carbocycles. The third kappa shape index (κ3) is 6.79. The van der Waals surface area contributed by atoms with Gasteiger partial charge in [-0.25, -0.2) is 4.79 Å². The predicted molar refractivity (Wildman–Crippen MR) is 181 cm³/mol. The van der Waals surface area contributed by atoms with Gasteiger partial charge in [-0.2, -0.15) is 0 Å². The molecule has 3 N–H and O–H groups in total. The van der Waals surface area contributed by atoms with Gasteiger partial charge in [0.15, 0.2) is 0 Å². The summed E-state index contributed by atoms with van der Waals surface area (Å²) in [6, 6.07) is 44.5. The minimum absolute atomic E-state index is 0.0180. The number of ether oxygens (including phenoxy) is 1. The number of nitrogens with one attached hydrogen (secondary N) is 2. The number of carboxylic acid groups (broad SMARTS) is 1. The fraction of sp³-hybridized carbons (Fsp3) is 0.175. The van der Waals surface area contributed by atoms with E-state index in [0.717, 1.165) is 38.9 Å². The molecular formula is C40H36N2O5. The summed E-state index contributed by atoms with van der Waals surface area (Å²) in [6.45, 7) is 0.105. The first kappa shape index (κ1) is 31.3. The molecule has 0 saturated carbocycles. The summed E-state index contributed by atoms with van der Waals surface area (Å²) in [7, 11) is 0. The Morgan fingerprint density at radius 1 is 0.660 bits per heavy atom. The highest BCUT2D eigenvalue weighted by Crippen LogP contribution is 2.44. The largest absolute Gasteiger partial charge is 0.481 e. The van der Waals surface area contributed by atoms with Crippen LogP contribution in [-0.4, -0.2) is 35.7 Å². The first-order chi connectivity index (χ1) is 23.0. The average Bonchev–Trinajstić information content (AvgIpc) is 3.43. The predicted octanol–water partition coefficient (Wildman–Crippen LogP) is 7.26. The number of amides is 2. The Kier molecular flexibility index (Phi) is 9.43. The molecule has 0 unspecified atom stereocenters. The van der Waals surface area contributed by atoms with Gasteiger partial charge in [-0.1, -0.05) is 140 Å². The van der Waals surface area contributed by atoms with Gasteiger partial charge in [0.1, 0.15) is 12.1 Å². The zero-order valence-electron chi connectivity index (χ0n) is 25.8. The number of hydrogen-bond donors (Lipinski definition) is 3. The normalized spacial score (nSPS) is 12.8. The van der Waals surface area contributed by atoms with E-state index in [4.69, 9.17) is 4.74 Å². The molecule has 0 saturated heterocycles. The maximum atomic E-state index is 13.8.